The van der Waals surface area contributed by atoms with Crippen molar-refractivity contribution in [3.8, 4) is 0 Å². The number of rotatable bonds is 2. The first-order chi connectivity index (χ1) is 4.74. The van der Waals surface area contributed by atoms with Crippen molar-refractivity contribution in [1.82, 2.24) is 4.98 Å². The molecule has 0 saturated carbocycles. The molecule has 0 saturated heterocycles. The van der Waals surface area contributed by atoms with E-state index in [-0.39, 0.29) is 11.7 Å². The molecular weight excluding hydrogens is 140 g/mol. The number of aromatic nitrogens is 1. The van der Waals surface area contributed by atoms with Crippen LogP contribution in [0, 0.1) is 0 Å². The van der Waals surface area contributed by atoms with Crippen LogP contribution >= 0.6 is 0 Å². The summed E-state index contributed by atoms with van der Waals surface area (Å²) in [6.45, 7) is 0. The third-order valence-corrected chi connectivity index (χ3v) is 0.819. The van der Waals surface area contributed by atoms with E-state index in [0.717, 1.165) is 6.26 Å². The second-order valence-electron chi connectivity index (χ2n) is 1.45. The van der Waals surface area contributed by atoms with Gasteiger partial charge in [0.1, 0.15) is 6.26 Å². The maximum absolute atomic E-state index is 10.1. The lowest BCUT2D eigenvalue weighted by Crippen LogP contribution is -1.96. The Labute approximate surface area is 55.1 Å². The van der Waals surface area contributed by atoms with Gasteiger partial charge in [-0.1, -0.05) is 0 Å². The number of oxazole rings is 1. The van der Waals surface area contributed by atoms with Crippen LogP contribution in [0.25, 0.3) is 0 Å². The molecule has 3 N–H and O–H groups in total. The zero-order chi connectivity index (χ0) is 7.56. The van der Waals surface area contributed by atoms with E-state index >= 15 is 0 Å². The van der Waals surface area contributed by atoms with Crippen molar-refractivity contribution in [2.75, 3.05) is 5.48 Å². The molecule has 0 atom stereocenters. The van der Waals surface area contributed by atoms with E-state index in [9.17, 15) is 4.79 Å². The summed E-state index contributed by atoms with van der Waals surface area (Å²) in [5, 5.41) is 16.4. The highest BCUT2D eigenvalue weighted by Crippen LogP contribution is 2.04. The third-order valence-electron chi connectivity index (χ3n) is 0.819. The molecule has 0 aromatic carbocycles. The number of nitrogens with one attached hydrogen (secondary N) is 1. The van der Waals surface area contributed by atoms with Crippen molar-refractivity contribution in [2.45, 2.75) is 0 Å². The van der Waals surface area contributed by atoms with Crippen LogP contribution in [0.4, 0.5) is 6.01 Å². The van der Waals surface area contributed by atoms with Gasteiger partial charge in [-0.05, 0) is 0 Å². The Kier molecular flexibility index (Phi) is 1.55. The van der Waals surface area contributed by atoms with E-state index in [0.29, 0.717) is 0 Å². The second-order valence-corrected chi connectivity index (χ2v) is 1.45. The molecule has 0 aliphatic rings. The van der Waals surface area contributed by atoms with E-state index < -0.39 is 5.97 Å². The van der Waals surface area contributed by atoms with Crippen molar-refractivity contribution in [1.29, 1.82) is 0 Å². The highest BCUT2D eigenvalue weighted by Gasteiger charge is 2.08. The van der Waals surface area contributed by atoms with Gasteiger partial charge in [-0.2, -0.15) is 4.98 Å². The monoisotopic (exact) mass is 144 g/mol. The molecule has 6 nitrogen and oxygen atoms in total. The lowest BCUT2D eigenvalue weighted by atomic mass is 10.5. The molecule has 0 aliphatic heterocycles. The van der Waals surface area contributed by atoms with Crippen molar-refractivity contribution < 1.29 is 19.5 Å². The largest absolute Gasteiger partial charge is 0.476 e. The van der Waals surface area contributed by atoms with E-state index in [1.807, 2.05) is 0 Å². The van der Waals surface area contributed by atoms with Gasteiger partial charge in [-0.3, -0.25) is 5.21 Å². The highest BCUT2D eigenvalue weighted by atomic mass is 16.5. The average Bonchev–Trinajstić information content (AvgIpc) is 2.34. The minimum absolute atomic E-state index is 0.239. The van der Waals surface area contributed by atoms with E-state index in [4.69, 9.17) is 10.3 Å². The summed E-state index contributed by atoms with van der Waals surface area (Å²) in [5.74, 6) is -1.20. The Hall–Kier alpha value is -1.56. The molecule has 1 aromatic heterocycles. The lowest BCUT2D eigenvalue weighted by molar-refractivity contribution is 0.0690. The molecule has 1 aromatic rings. The molecule has 0 fully saturated rings. The lowest BCUT2D eigenvalue weighted by Gasteiger charge is -1.83. The molecule has 0 unspecified atom stereocenters. The Morgan fingerprint density at radius 1 is 1.80 bits per heavy atom. The molecule has 0 aliphatic carbocycles. The molecule has 1 heterocycles. The minimum atomic E-state index is -1.20. The molecule has 54 valence electrons. The number of hydrogen-bond acceptors (Lipinski definition) is 5. The molecule has 10 heavy (non-hydrogen) atoms. The molecular formula is C4H4N2O4. The summed E-state index contributed by atoms with van der Waals surface area (Å²) in [5.41, 5.74) is 1.31. The fourth-order valence-electron chi connectivity index (χ4n) is 0.423. The zero-order valence-corrected chi connectivity index (χ0v) is 4.74. The van der Waals surface area contributed by atoms with Crippen LogP contribution in [-0.4, -0.2) is 21.3 Å². The first-order valence-electron chi connectivity index (χ1n) is 2.33. The van der Waals surface area contributed by atoms with Gasteiger partial charge in [0.25, 0.3) is 0 Å². The number of carbonyl (C=O) groups is 1. The predicted molar refractivity (Wildman–Crippen MR) is 28.9 cm³/mol. The van der Waals surface area contributed by atoms with Crippen LogP contribution in [0.1, 0.15) is 10.5 Å². The van der Waals surface area contributed by atoms with Crippen LogP contribution in [-0.2, 0) is 0 Å². The van der Waals surface area contributed by atoms with E-state index in [1.54, 1.807) is 5.48 Å². The molecule has 0 spiro atoms. The van der Waals surface area contributed by atoms with Gasteiger partial charge in [0, 0.05) is 0 Å². The number of aromatic carboxylic acids is 1. The van der Waals surface area contributed by atoms with Crippen molar-refractivity contribution >= 4 is 12.0 Å². The van der Waals surface area contributed by atoms with Crippen LogP contribution in [0.2, 0.25) is 0 Å². The number of hydrogen-bond donors (Lipinski definition) is 3. The predicted octanol–water partition coefficient (Wildman–Crippen LogP) is 0.174. The number of carboxylic acids is 1. The summed E-state index contributed by atoms with van der Waals surface area (Å²) in [7, 11) is 0. The molecule has 1 rings (SSSR count). The molecule has 0 amide bonds. The van der Waals surface area contributed by atoms with Gasteiger partial charge in [-0.15, -0.1) is 0 Å². The summed E-state index contributed by atoms with van der Waals surface area (Å²) in [6, 6.07) is -0.239. The fourth-order valence-corrected chi connectivity index (χ4v) is 0.423. The van der Waals surface area contributed by atoms with Crippen molar-refractivity contribution in [3.05, 3.63) is 12.0 Å². The fraction of sp³-hybridized carbons (Fsp3) is 0. The normalized spacial score (nSPS) is 9.30. The Balaban J connectivity index is 2.88. The second kappa shape index (κ2) is 2.36. The number of nitrogens with zero attached hydrogens (tertiary/aromatic N) is 1. The van der Waals surface area contributed by atoms with E-state index in [2.05, 4.69) is 9.40 Å². The third kappa shape index (κ3) is 1.06. The first-order valence-corrected chi connectivity index (χ1v) is 2.33. The number of anilines is 1. The van der Waals surface area contributed by atoms with Crippen LogP contribution in [0.5, 0.6) is 0 Å². The van der Waals surface area contributed by atoms with Gasteiger partial charge >= 0.3 is 12.0 Å². The van der Waals surface area contributed by atoms with Gasteiger partial charge in [0.15, 0.2) is 5.69 Å². The van der Waals surface area contributed by atoms with Crippen molar-refractivity contribution in [2.24, 2.45) is 0 Å². The Morgan fingerprint density at radius 2 is 2.50 bits per heavy atom. The summed E-state index contributed by atoms with van der Waals surface area (Å²) < 4.78 is 4.42. The quantitative estimate of drug-likeness (QED) is 0.512. The van der Waals surface area contributed by atoms with Gasteiger partial charge in [-0.25, -0.2) is 10.3 Å². The maximum Gasteiger partial charge on any atom is 0.357 e. The van der Waals surface area contributed by atoms with Crippen LogP contribution < -0.4 is 5.48 Å². The Morgan fingerprint density at radius 3 is 2.80 bits per heavy atom. The topological polar surface area (TPSA) is 95.6 Å². The Bertz CT molecular complexity index is 243. The molecule has 0 bridgehead atoms. The zero-order valence-electron chi connectivity index (χ0n) is 4.74. The average molecular weight is 144 g/mol. The summed E-state index contributed by atoms with van der Waals surface area (Å²) in [6.07, 6.45) is 0.918. The van der Waals surface area contributed by atoms with Gasteiger partial charge in [0.2, 0.25) is 0 Å². The van der Waals surface area contributed by atoms with E-state index in [1.165, 1.54) is 0 Å². The summed E-state index contributed by atoms with van der Waals surface area (Å²) >= 11 is 0. The molecule has 0 radical (unpaired) electrons. The van der Waals surface area contributed by atoms with Crippen LogP contribution in [0.3, 0.4) is 0 Å². The summed E-state index contributed by atoms with van der Waals surface area (Å²) in [4.78, 5) is 13.4. The maximum atomic E-state index is 10.1. The van der Waals surface area contributed by atoms with Crippen LogP contribution in [0.15, 0.2) is 10.7 Å². The minimum Gasteiger partial charge on any atom is -0.476 e. The standard InChI is InChI=1S/C4H4N2O4/c7-3(8)2-1-10-4(5-2)6-9/h1,9H,(H,5,6)(H,7,8). The first kappa shape index (κ1) is 6.56. The van der Waals surface area contributed by atoms with Crippen molar-refractivity contribution in [3.63, 3.8) is 0 Å². The van der Waals surface area contributed by atoms with Gasteiger partial charge < -0.3 is 9.52 Å². The SMILES string of the molecule is O=C(O)c1coc(NO)n1. The highest BCUT2D eigenvalue weighted by molar-refractivity contribution is 5.85. The smallest absolute Gasteiger partial charge is 0.357 e. The molecule has 6 heteroatoms. The number of carboxylic acid groups (broad SMARTS) is 1. The van der Waals surface area contributed by atoms with Gasteiger partial charge in [0.05, 0.1) is 0 Å².